The van der Waals surface area contributed by atoms with Crippen LogP contribution >= 0.6 is 0 Å². The third-order valence-electron chi connectivity index (χ3n) is 4.96. The van der Waals surface area contributed by atoms with Crippen LogP contribution in [0, 0.1) is 11.3 Å². The molecule has 1 aliphatic rings. The van der Waals surface area contributed by atoms with Crippen LogP contribution in [0.25, 0.3) is 0 Å². The van der Waals surface area contributed by atoms with Crippen LogP contribution in [-0.4, -0.2) is 16.8 Å². The number of hydrogen-bond acceptors (Lipinski definition) is 4. The highest BCUT2D eigenvalue weighted by Gasteiger charge is 2.23. The Labute approximate surface area is 170 Å². The lowest BCUT2D eigenvalue weighted by Gasteiger charge is -2.22. The summed E-state index contributed by atoms with van der Waals surface area (Å²) < 4.78 is 5.53. The Morgan fingerprint density at radius 1 is 1.03 bits per heavy atom. The minimum Gasteiger partial charge on any atom is -0.468 e. The first kappa shape index (κ1) is 19.0. The lowest BCUT2D eigenvalue weighted by atomic mass is 10.1. The van der Waals surface area contributed by atoms with E-state index in [2.05, 4.69) is 16.3 Å². The molecular weight excluding hydrogens is 362 g/mol. The topological polar surface area (TPSA) is 69.3 Å². The molecule has 0 spiro atoms. The van der Waals surface area contributed by atoms with E-state index in [1.54, 1.807) is 6.26 Å². The zero-order valence-corrected chi connectivity index (χ0v) is 16.2. The predicted octanol–water partition coefficient (Wildman–Crippen LogP) is 4.25. The number of nitrogens with one attached hydrogen (secondary N) is 1. The highest BCUT2D eigenvalue weighted by Crippen LogP contribution is 2.20. The molecule has 1 saturated carbocycles. The Kier molecular flexibility index (Phi) is 5.73. The molecule has 1 aromatic heterocycles. The lowest BCUT2D eigenvalue weighted by molar-refractivity contribution is 0.0951. The molecule has 146 valence electrons. The maximum atomic E-state index is 12.2. The third-order valence-corrected chi connectivity index (χ3v) is 4.96. The summed E-state index contributed by atoms with van der Waals surface area (Å²) in [6.45, 7) is 2.07. The number of hydrogen-bond donors (Lipinski definition) is 1. The zero-order chi connectivity index (χ0) is 20.1. The van der Waals surface area contributed by atoms with Gasteiger partial charge < -0.3 is 9.73 Å². The van der Waals surface area contributed by atoms with Crippen molar-refractivity contribution in [3.05, 3.63) is 94.9 Å². The van der Waals surface area contributed by atoms with Gasteiger partial charge in [-0.25, -0.2) is 0 Å². The van der Waals surface area contributed by atoms with Crippen molar-refractivity contribution in [3.8, 4) is 6.07 Å². The standard InChI is InChI=1S/C24H23N3O2/c25-14-19-3-1-4-20(13-19)16-27(17-23-5-2-12-29-23)15-18-6-8-21(9-7-18)24(28)26-22-10-11-22/h1-9,12-13,22H,10-11,15-17H2,(H,26,28). The molecule has 1 aliphatic carbocycles. The number of benzene rings is 2. The van der Waals surface area contributed by atoms with Crippen LogP contribution in [-0.2, 0) is 19.6 Å². The summed E-state index contributed by atoms with van der Waals surface area (Å²) in [5.74, 6) is 0.890. The average molecular weight is 385 g/mol. The van der Waals surface area contributed by atoms with Crippen LogP contribution in [0.15, 0.2) is 71.3 Å². The van der Waals surface area contributed by atoms with Crippen molar-refractivity contribution in [3.63, 3.8) is 0 Å². The Bertz CT molecular complexity index is 999. The van der Waals surface area contributed by atoms with Crippen LogP contribution in [0.4, 0.5) is 0 Å². The summed E-state index contributed by atoms with van der Waals surface area (Å²) in [6, 6.07) is 21.8. The van der Waals surface area contributed by atoms with Gasteiger partial charge in [-0.15, -0.1) is 0 Å². The van der Waals surface area contributed by atoms with E-state index in [-0.39, 0.29) is 5.91 Å². The molecule has 0 radical (unpaired) electrons. The maximum Gasteiger partial charge on any atom is 0.251 e. The molecule has 0 unspecified atom stereocenters. The van der Waals surface area contributed by atoms with Crippen molar-refractivity contribution in [2.45, 2.75) is 38.5 Å². The van der Waals surface area contributed by atoms with Gasteiger partial charge in [-0.3, -0.25) is 9.69 Å². The van der Waals surface area contributed by atoms with Crippen molar-refractivity contribution in [2.24, 2.45) is 0 Å². The summed E-state index contributed by atoms with van der Waals surface area (Å²) in [7, 11) is 0. The second-order valence-corrected chi connectivity index (χ2v) is 7.48. The van der Waals surface area contributed by atoms with Gasteiger partial charge in [0.1, 0.15) is 5.76 Å². The normalized spacial score (nSPS) is 13.2. The van der Waals surface area contributed by atoms with E-state index in [1.807, 2.05) is 60.7 Å². The molecular formula is C24H23N3O2. The van der Waals surface area contributed by atoms with E-state index in [0.29, 0.717) is 36.8 Å². The minimum atomic E-state index is -0.000176. The Morgan fingerprint density at radius 2 is 1.83 bits per heavy atom. The SMILES string of the molecule is N#Cc1cccc(CN(Cc2ccc(C(=O)NC3CC3)cc2)Cc2ccco2)c1. The van der Waals surface area contributed by atoms with Gasteiger partial charge >= 0.3 is 0 Å². The fourth-order valence-electron chi connectivity index (χ4n) is 3.30. The van der Waals surface area contributed by atoms with Crippen LogP contribution in [0.5, 0.6) is 0 Å². The minimum absolute atomic E-state index is 0.000176. The number of rotatable bonds is 8. The quantitative estimate of drug-likeness (QED) is 0.629. The van der Waals surface area contributed by atoms with Gasteiger partial charge in [-0.05, 0) is 60.4 Å². The van der Waals surface area contributed by atoms with Gasteiger partial charge in [0.25, 0.3) is 5.91 Å². The number of nitrogens with zero attached hydrogens (tertiary/aromatic N) is 2. The van der Waals surface area contributed by atoms with E-state index < -0.39 is 0 Å². The third kappa shape index (κ3) is 5.34. The van der Waals surface area contributed by atoms with Gasteiger partial charge in [0.05, 0.1) is 24.4 Å². The van der Waals surface area contributed by atoms with Crippen molar-refractivity contribution < 1.29 is 9.21 Å². The van der Waals surface area contributed by atoms with Gasteiger partial charge in [0.2, 0.25) is 0 Å². The monoisotopic (exact) mass is 385 g/mol. The zero-order valence-electron chi connectivity index (χ0n) is 16.2. The molecule has 4 rings (SSSR count). The van der Waals surface area contributed by atoms with Gasteiger partial charge in [-0.1, -0.05) is 24.3 Å². The highest BCUT2D eigenvalue weighted by atomic mass is 16.3. The molecule has 1 heterocycles. The van der Waals surface area contributed by atoms with Crippen LogP contribution < -0.4 is 5.32 Å². The second-order valence-electron chi connectivity index (χ2n) is 7.48. The number of carbonyl (C=O) groups excluding carboxylic acids is 1. The summed E-state index contributed by atoms with van der Waals surface area (Å²) in [5.41, 5.74) is 3.55. The molecule has 5 heteroatoms. The van der Waals surface area contributed by atoms with Gasteiger partial charge in [0.15, 0.2) is 0 Å². The number of furan rings is 1. The summed E-state index contributed by atoms with van der Waals surface area (Å²) in [4.78, 5) is 14.4. The van der Waals surface area contributed by atoms with Crippen LogP contribution in [0.3, 0.4) is 0 Å². The second kappa shape index (κ2) is 8.76. The highest BCUT2D eigenvalue weighted by molar-refractivity contribution is 5.94. The van der Waals surface area contributed by atoms with E-state index >= 15 is 0 Å². The Balaban J connectivity index is 1.46. The van der Waals surface area contributed by atoms with E-state index in [1.165, 1.54) is 0 Å². The average Bonchev–Trinajstić information content (AvgIpc) is 3.40. The molecule has 0 atom stereocenters. The van der Waals surface area contributed by atoms with Crippen molar-refractivity contribution in [1.82, 2.24) is 10.2 Å². The van der Waals surface area contributed by atoms with Crippen molar-refractivity contribution >= 4 is 5.91 Å². The van der Waals surface area contributed by atoms with Gasteiger partial charge in [0, 0.05) is 24.7 Å². The maximum absolute atomic E-state index is 12.2. The summed E-state index contributed by atoms with van der Waals surface area (Å²) in [5, 5.41) is 12.2. The molecule has 1 N–H and O–H groups in total. The Morgan fingerprint density at radius 3 is 2.52 bits per heavy atom. The lowest BCUT2D eigenvalue weighted by Crippen LogP contribution is -2.25. The molecule has 1 amide bonds. The van der Waals surface area contributed by atoms with Crippen LogP contribution in [0.1, 0.15) is 45.7 Å². The van der Waals surface area contributed by atoms with Crippen LogP contribution in [0.2, 0.25) is 0 Å². The van der Waals surface area contributed by atoms with Gasteiger partial charge in [-0.2, -0.15) is 5.26 Å². The first-order valence-electron chi connectivity index (χ1n) is 9.83. The number of carbonyl (C=O) groups is 1. The smallest absolute Gasteiger partial charge is 0.251 e. The fraction of sp³-hybridized carbons (Fsp3) is 0.250. The molecule has 1 fully saturated rings. The number of amides is 1. The van der Waals surface area contributed by atoms with Crippen molar-refractivity contribution in [2.75, 3.05) is 0 Å². The first-order valence-corrected chi connectivity index (χ1v) is 9.83. The van der Waals surface area contributed by atoms with E-state index in [4.69, 9.17) is 9.68 Å². The first-order chi connectivity index (χ1) is 14.2. The molecule has 3 aromatic rings. The van der Waals surface area contributed by atoms with E-state index in [9.17, 15) is 4.79 Å². The summed E-state index contributed by atoms with van der Waals surface area (Å²) in [6.07, 6.45) is 3.84. The number of nitriles is 1. The molecule has 0 saturated heterocycles. The Hall–Kier alpha value is -3.36. The predicted molar refractivity (Wildman–Crippen MR) is 110 cm³/mol. The molecule has 0 aliphatic heterocycles. The largest absolute Gasteiger partial charge is 0.468 e. The fourth-order valence-corrected chi connectivity index (χ4v) is 3.30. The molecule has 2 aromatic carbocycles. The molecule has 29 heavy (non-hydrogen) atoms. The van der Waals surface area contributed by atoms with Crippen molar-refractivity contribution in [1.29, 1.82) is 5.26 Å². The molecule has 0 bridgehead atoms. The van der Waals surface area contributed by atoms with E-state index in [0.717, 1.165) is 29.7 Å². The summed E-state index contributed by atoms with van der Waals surface area (Å²) >= 11 is 0. The molecule has 5 nitrogen and oxygen atoms in total.